The second kappa shape index (κ2) is 9.90. The van der Waals surface area contributed by atoms with Gasteiger partial charge in [0.05, 0.1) is 25.9 Å². The molecule has 0 spiro atoms. The minimum Gasteiger partial charge on any atom is -0.491 e. The zero-order valence-corrected chi connectivity index (χ0v) is 16.6. The number of hydrogen-bond acceptors (Lipinski definition) is 4. The molecule has 27 heavy (non-hydrogen) atoms. The largest absolute Gasteiger partial charge is 0.491 e. The van der Waals surface area contributed by atoms with Crippen molar-refractivity contribution in [2.24, 2.45) is 5.92 Å². The zero-order chi connectivity index (χ0) is 19.1. The molecule has 3 rings (SSSR count). The van der Waals surface area contributed by atoms with E-state index >= 15 is 0 Å². The predicted octanol–water partition coefficient (Wildman–Crippen LogP) is 3.06. The first kappa shape index (κ1) is 19.9. The first-order chi connectivity index (χ1) is 13.1. The van der Waals surface area contributed by atoms with E-state index in [0.717, 1.165) is 58.0 Å². The molecule has 0 radical (unpaired) electrons. The molecule has 0 N–H and O–H groups in total. The Labute approximate surface area is 162 Å². The fourth-order valence-electron chi connectivity index (χ4n) is 3.60. The zero-order valence-electron chi connectivity index (χ0n) is 16.6. The van der Waals surface area contributed by atoms with Gasteiger partial charge in [0, 0.05) is 26.2 Å². The highest BCUT2D eigenvalue weighted by Gasteiger charge is 2.23. The van der Waals surface area contributed by atoms with Crippen LogP contribution in [0.2, 0.25) is 0 Å². The number of hydrogen-bond donors (Lipinski definition) is 0. The average Bonchev–Trinajstić information content (AvgIpc) is 2.67. The second-order valence-corrected chi connectivity index (χ2v) is 7.70. The molecule has 1 aromatic carbocycles. The van der Waals surface area contributed by atoms with Gasteiger partial charge in [-0.1, -0.05) is 24.3 Å². The average molecular weight is 373 g/mol. The maximum atomic E-state index is 12.5. The molecule has 2 aliphatic heterocycles. The number of piperidine rings is 1. The minimum atomic E-state index is 0.184. The van der Waals surface area contributed by atoms with Crippen LogP contribution in [-0.4, -0.2) is 67.7 Å². The highest BCUT2D eigenvalue weighted by Crippen LogP contribution is 2.21. The van der Waals surface area contributed by atoms with E-state index < -0.39 is 0 Å². The maximum absolute atomic E-state index is 12.5. The van der Waals surface area contributed by atoms with Crippen molar-refractivity contribution < 1.29 is 14.3 Å². The first-order valence-electron chi connectivity index (χ1n) is 10.1. The number of ether oxygens (including phenoxy) is 2. The van der Waals surface area contributed by atoms with E-state index in [1.165, 1.54) is 5.56 Å². The van der Waals surface area contributed by atoms with Crippen LogP contribution in [0.3, 0.4) is 0 Å². The summed E-state index contributed by atoms with van der Waals surface area (Å²) in [7, 11) is 0. The van der Waals surface area contributed by atoms with E-state index in [-0.39, 0.29) is 12.0 Å². The molecule has 0 unspecified atom stereocenters. The van der Waals surface area contributed by atoms with Crippen LogP contribution in [0, 0.1) is 5.92 Å². The number of allylic oxidation sites excluding steroid dienone is 1. The number of morpholine rings is 1. The SMILES string of the molecule is CC(C)Oc1cccc(/C=C/C2CCN(C(=O)CN3CCOCC3)CC2)c1. The van der Waals surface area contributed by atoms with Crippen LogP contribution in [0.4, 0.5) is 0 Å². The Balaban J connectivity index is 1.45. The van der Waals surface area contributed by atoms with Gasteiger partial charge in [-0.05, 0) is 50.3 Å². The monoisotopic (exact) mass is 372 g/mol. The lowest BCUT2D eigenvalue weighted by Gasteiger charge is -2.33. The first-order valence-corrected chi connectivity index (χ1v) is 10.1. The lowest BCUT2D eigenvalue weighted by atomic mass is 9.95. The molecule has 1 amide bonds. The third-order valence-corrected chi connectivity index (χ3v) is 5.15. The molecule has 2 heterocycles. The van der Waals surface area contributed by atoms with Gasteiger partial charge in [-0.25, -0.2) is 0 Å². The normalized spacial score (nSPS) is 19.7. The van der Waals surface area contributed by atoms with Crippen LogP contribution in [-0.2, 0) is 9.53 Å². The summed E-state index contributed by atoms with van der Waals surface area (Å²) in [6, 6.07) is 8.21. The van der Waals surface area contributed by atoms with Gasteiger partial charge in [0.1, 0.15) is 5.75 Å². The molecule has 1 aromatic rings. The van der Waals surface area contributed by atoms with Crippen molar-refractivity contribution in [3.8, 4) is 5.75 Å². The van der Waals surface area contributed by atoms with Crippen molar-refractivity contribution in [3.63, 3.8) is 0 Å². The highest BCUT2D eigenvalue weighted by molar-refractivity contribution is 5.78. The van der Waals surface area contributed by atoms with E-state index in [4.69, 9.17) is 9.47 Å². The van der Waals surface area contributed by atoms with Crippen LogP contribution >= 0.6 is 0 Å². The fourth-order valence-corrected chi connectivity index (χ4v) is 3.60. The van der Waals surface area contributed by atoms with Gasteiger partial charge in [0.25, 0.3) is 0 Å². The molecule has 0 aromatic heterocycles. The van der Waals surface area contributed by atoms with Gasteiger partial charge in [-0.2, -0.15) is 0 Å². The molecule has 5 nitrogen and oxygen atoms in total. The Morgan fingerprint density at radius 1 is 1.22 bits per heavy atom. The second-order valence-electron chi connectivity index (χ2n) is 7.70. The van der Waals surface area contributed by atoms with Gasteiger partial charge >= 0.3 is 0 Å². The lowest BCUT2D eigenvalue weighted by Crippen LogP contribution is -2.46. The summed E-state index contributed by atoms with van der Waals surface area (Å²) in [4.78, 5) is 16.7. The summed E-state index contributed by atoms with van der Waals surface area (Å²) in [5, 5.41) is 0. The molecule has 0 aliphatic carbocycles. The number of amides is 1. The van der Waals surface area contributed by atoms with Gasteiger partial charge in [0.2, 0.25) is 5.91 Å². The Kier molecular flexibility index (Phi) is 7.30. The van der Waals surface area contributed by atoms with Crippen molar-refractivity contribution in [1.82, 2.24) is 9.80 Å². The summed E-state index contributed by atoms with van der Waals surface area (Å²) in [6.45, 7) is 9.53. The molecule has 2 saturated heterocycles. The van der Waals surface area contributed by atoms with E-state index in [1.807, 2.05) is 30.9 Å². The third-order valence-electron chi connectivity index (χ3n) is 5.15. The molecule has 5 heteroatoms. The summed E-state index contributed by atoms with van der Waals surface area (Å²) in [5.41, 5.74) is 1.17. The molecule has 0 saturated carbocycles. The van der Waals surface area contributed by atoms with Gasteiger partial charge in [-0.15, -0.1) is 0 Å². The van der Waals surface area contributed by atoms with E-state index in [2.05, 4.69) is 29.2 Å². The third kappa shape index (κ3) is 6.36. The quantitative estimate of drug-likeness (QED) is 0.770. The van der Waals surface area contributed by atoms with Crippen LogP contribution < -0.4 is 4.74 Å². The molecule has 0 bridgehead atoms. The van der Waals surface area contributed by atoms with Gasteiger partial charge in [-0.3, -0.25) is 9.69 Å². The van der Waals surface area contributed by atoms with Gasteiger partial charge in [0.15, 0.2) is 0 Å². The molecule has 148 valence electrons. The highest BCUT2D eigenvalue weighted by atomic mass is 16.5. The standard InChI is InChI=1S/C22H32N2O3/c1-18(2)27-21-5-3-4-20(16-21)7-6-19-8-10-24(11-9-19)22(25)17-23-12-14-26-15-13-23/h3-7,16,18-19H,8-15,17H2,1-2H3/b7-6+. The van der Waals surface area contributed by atoms with Crippen LogP contribution in [0.1, 0.15) is 32.3 Å². The smallest absolute Gasteiger partial charge is 0.236 e. The number of carbonyl (C=O) groups is 1. The number of nitrogens with zero attached hydrogens (tertiary/aromatic N) is 2. The maximum Gasteiger partial charge on any atom is 0.236 e. The molecular formula is C22H32N2O3. The van der Waals surface area contributed by atoms with Crippen molar-refractivity contribution >= 4 is 12.0 Å². The number of benzene rings is 1. The van der Waals surface area contributed by atoms with Crippen LogP contribution in [0.5, 0.6) is 5.75 Å². The number of rotatable bonds is 6. The Hall–Kier alpha value is -1.85. The summed E-state index contributed by atoms with van der Waals surface area (Å²) >= 11 is 0. The van der Waals surface area contributed by atoms with Crippen molar-refractivity contribution in [1.29, 1.82) is 0 Å². The van der Waals surface area contributed by atoms with Crippen LogP contribution in [0.25, 0.3) is 6.08 Å². The molecule has 2 aliphatic rings. The van der Waals surface area contributed by atoms with Crippen molar-refractivity contribution in [3.05, 3.63) is 35.9 Å². The summed E-state index contributed by atoms with van der Waals surface area (Å²) in [6.07, 6.45) is 6.73. The Bertz CT molecular complexity index is 630. The summed E-state index contributed by atoms with van der Waals surface area (Å²) < 4.78 is 11.1. The van der Waals surface area contributed by atoms with Gasteiger partial charge < -0.3 is 14.4 Å². The number of likely N-dealkylation sites (tertiary alicyclic amines) is 1. The molecular weight excluding hydrogens is 340 g/mol. The topological polar surface area (TPSA) is 42.0 Å². The summed E-state index contributed by atoms with van der Waals surface area (Å²) in [5.74, 6) is 1.71. The van der Waals surface area contributed by atoms with Crippen LogP contribution in [0.15, 0.2) is 30.3 Å². The Morgan fingerprint density at radius 2 is 1.96 bits per heavy atom. The molecule has 2 fully saturated rings. The fraction of sp³-hybridized carbons (Fsp3) is 0.591. The van der Waals surface area contributed by atoms with E-state index in [1.54, 1.807) is 0 Å². The number of carbonyl (C=O) groups excluding carboxylic acids is 1. The lowest BCUT2D eigenvalue weighted by molar-refractivity contribution is -0.134. The van der Waals surface area contributed by atoms with E-state index in [0.29, 0.717) is 12.5 Å². The Morgan fingerprint density at radius 3 is 2.67 bits per heavy atom. The predicted molar refractivity (Wildman–Crippen MR) is 108 cm³/mol. The minimum absolute atomic E-state index is 0.184. The van der Waals surface area contributed by atoms with Crippen molar-refractivity contribution in [2.75, 3.05) is 45.9 Å². The molecule has 0 atom stereocenters. The van der Waals surface area contributed by atoms with Crippen molar-refractivity contribution in [2.45, 2.75) is 32.8 Å². The van der Waals surface area contributed by atoms with E-state index in [9.17, 15) is 4.79 Å².